The van der Waals surface area contributed by atoms with E-state index < -0.39 is 0 Å². The number of aromatic nitrogens is 2. The van der Waals surface area contributed by atoms with Crippen molar-refractivity contribution in [2.75, 3.05) is 26.8 Å². The van der Waals surface area contributed by atoms with Crippen LogP contribution in [0.2, 0.25) is 0 Å². The molecule has 0 bridgehead atoms. The second-order valence-corrected chi connectivity index (χ2v) is 9.50. The van der Waals surface area contributed by atoms with Gasteiger partial charge in [-0.2, -0.15) is 5.10 Å². The Bertz CT molecular complexity index is 1410. The molecule has 0 atom stereocenters. The summed E-state index contributed by atoms with van der Waals surface area (Å²) in [6, 6.07) is 25.4. The standard InChI is InChI=1S/C33H37N3O3/c1-3-30(25-11-7-6-8-12-25)33(27-16-19-31-28(23-27)24-34-35-31)26-14-17-29(18-15-26)39-22-10-5-4-9-13-32(38)36(2)20-21-37/h6-9,11-19,23-24,37H,3-5,10,20-22H2,1-2H3,(H,34,35)/b13-9+,33-30+. The van der Waals surface area contributed by atoms with Crippen molar-refractivity contribution in [1.82, 2.24) is 15.1 Å². The van der Waals surface area contributed by atoms with Gasteiger partial charge in [-0.25, -0.2) is 0 Å². The minimum atomic E-state index is -0.0861. The molecule has 6 heteroatoms. The molecule has 0 fully saturated rings. The fraction of sp³-hybridized carbons (Fsp3) is 0.273. The molecular weight excluding hydrogens is 486 g/mol. The number of hydrogen-bond acceptors (Lipinski definition) is 4. The number of likely N-dealkylation sites (N-methyl/N-ethyl adjacent to an activating group) is 1. The number of aliphatic hydroxyl groups excluding tert-OH is 1. The van der Waals surface area contributed by atoms with E-state index in [-0.39, 0.29) is 12.5 Å². The molecule has 6 nitrogen and oxygen atoms in total. The predicted molar refractivity (Wildman–Crippen MR) is 158 cm³/mol. The number of nitrogens with one attached hydrogen (secondary N) is 1. The topological polar surface area (TPSA) is 78.5 Å². The third kappa shape index (κ3) is 7.45. The van der Waals surface area contributed by atoms with Crippen LogP contribution in [0.15, 0.2) is 91.1 Å². The van der Waals surface area contributed by atoms with E-state index >= 15 is 0 Å². The molecule has 1 heterocycles. The number of hydrogen-bond donors (Lipinski definition) is 2. The Labute approximate surface area is 230 Å². The largest absolute Gasteiger partial charge is 0.494 e. The monoisotopic (exact) mass is 523 g/mol. The van der Waals surface area contributed by atoms with Gasteiger partial charge in [0.05, 0.1) is 24.9 Å². The van der Waals surface area contributed by atoms with Gasteiger partial charge in [0.15, 0.2) is 0 Å². The van der Waals surface area contributed by atoms with Crippen LogP contribution in [0, 0.1) is 0 Å². The summed E-state index contributed by atoms with van der Waals surface area (Å²) in [5, 5.41) is 17.2. The summed E-state index contributed by atoms with van der Waals surface area (Å²) in [6.07, 6.45) is 8.88. The quantitative estimate of drug-likeness (QED) is 0.119. The lowest BCUT2D eigenvalue weighted by Gasteiger charge is -2.17. The van der Waals surface area contributed by atoms with E-state index in [9.17, 15) is 4.79 Å². The number of nitrogens with zero attached hydrogens (tertiary/aromatic N) is 2. The molecule has 1 aromatic heterocycles. The van der Waals surface area contributed by atoms with Crippen LogP contribution in [0.4, 0.5) is 0 Å². The van der Waals surface area contributed by atoms with E-state index in [1.807, 2.05) is 30.5 Å². The van der Waals surface area contributed by atoms with Gasteiger partial charge in [0.2, 0.25) is 5.91 Å². The van der Waals surface area contributed by atoms with Crippen LogP contribution in [0.1, 0.15) is 49.3 Å². The summed E-state index contributed by atoms with van der Waals surface area (Å²) in [7, 11) is 1.68. The molecule has 4 aromatic rings. The summed E-state index contributed by atoms with van der Waals surface area (Å²) in [6.45, 7) is 3.14. The molecule has 3 aromatic carbocycles. The Balaban J connectivity index is 1.44. The molecule has 1 amide bonds. The van der Waals surface area contributed by atoms with Crippen molar-refractivity contribution in [3.05, 3.63) is 108 Å². The third-order valence-electron chi connectivity index (χ3n) is 6.76. The van der Waals surface area contributed by atoms with E-state index in [4.69, 9.17) is 9.84 Å². The Morgan fingerprint density at radius 1 is 1.00 bits per heavy atom. The Hall–Kier alpha value is -4.16. The highest BCUT2D eigenvalue weighted by atomic mass is 16.5. The Morgan fingerprint density at radius 2 is 1.77 bits per heavy atom. The second kappa shape index (κ2) is 14.1. The number of carbonyl (C=O) groups is 1. The maximum atomic E-state index is 11.9. The first-order chi connectivity index (χ1) is 19.1. The van der Waals surface area contributed by atoms with Gasteiger partial charge in [-0.3, -0.25) is 9.89 Å². The lowest BCUT2D eigenvalue weighted by atomic mass is 9.88. The molecule has 0 unspecified atom stereocenters. The lowest BCUT2D eigenvalue weighted by Crippen LogP contribution is -2.27. The minimum Gasteiger partial charge on any atom is -0.494 e. The number of benzene rings is 3. The van der Waals surface area contributed by atoms with Gasteiger partial charge in [0, 0.05) is 19.0 Å². The van der Waals surface area contributed by atoms with Crippen LogP contribution >= 0.6 is 0 Å². The number of H-pyrrole nitrogens is 1. The van der Waals surface area contributed by atoms with Crippen molar-refractivity contribution < 1.29 is 14.6 Å². The first-order valence-electron chi connectivity index (χ1n) is 13.6. The van der Waals surface area contributed by atoms with Crippen molar-refractivity contribution in [2.45, 2.75) is 32.6 Å². The minimum absolute atomic E-state index is 0.0279. The molecule has 39 heavy (non-hydrogen) atoms. The van der Waals surface area contributed by atoms with Crippen molar-refractivity contribution in [3.63, 3.8) is 0 Å². The van der Waals surface area contributed by atoms with Crippen LogP contribution in [0.5, 0.6) is 5.75 Å². The number of unbranched alkanes of at least 4 members (excludes halogenated alkanes) is 2. The Morgan fingerprint density at radius 3 is 2.51 bits per heavy atom. The van der Waals surface area contributed by atoms with Crippen LogP contribution in [0.25, 0.3) is 22.0 Å². The normalized spacial score (nSPS) is 12.1. The molecule has 0 aliphatic heterocycles. The van der Waals surface area contributed by atoms with Crippen LogP contribution in [-0.4, -0.2) is 52.9 Å². The van der Waals surface area contributed by atoms with Gasteiger partial charge in [0.25, 0.3) is 0 Å². The van der Waals surface area contributed by atoms with Gasteiger partial charge in [-0.05, 0) is 83.9 Å². The first kappa shape index (κ1) is 27.9. The maximum absolute atomic E-state index is 11.9. The van der Waals surface area contributed by atoms with Gasteiger partial charge >= 0.3 is 0 Å². The van der Waals surface area contributed by atoms with E-state index in [0.29, 0.717) is 13.2 Å². The average Bonchev–Trinajstić information content (AvgIpc) is 3.44. The first-order valence-corrected chi connectivity index (χ1v) is 13.6. The summed E-state index contributed by atoms with van der Waals surface area (Å²) in [5.74, 6) is 0.759. The van der Waals surface area contributed by atoms with Crippen LogP contribution < -0.4 is 4.74 Å². The van der Waals surface area contributed by atoms with Crippen LogP contribution in [0.3, 0.4) is 0 Å². The van der Waals surface area contributed by atoms with Gasteiger partial charge in [-0.1, -0.05) is 61.5 Å². The number of carbonyl (C=O) groups excluding carboxylic acids is 1. The fourth-order valence-electron chi connectivity index (χ4n) is 4.62. The van der Waals surface area contributed by atoms with Crippen molar-refractivity contribution in [1.29, 1.82) is 0 Å². The van der Waals surface area contributed by atoms with Crippen molar-refractivity contribution in [2.24, 2.45) is 0 Å². The zero-order chi connectivity index (χ0) is 27.5. The molecule has 202 valence electrons. The molecule has 0 aliphatic rings. The number of amides is 1. The number of aliphatic hydroxyl groups is 1. The SMILES string of the molecule is CC/C(=C(/c1ccc(OCCCC/C=C/C(=O)N(C)CCO)cc1)c1ccc2[nH]ncc2c1)c1ccccc1. The maximum Gasteiger partial charge on any atom is 0.246 e. The van der Waals surface area contributed by atoms with E-state index in [1.165, 1.54) is 21.6 Å². The highest BCUT2D eigenvalue weighted by molar-refractivity contribution is 6.00. The number of rotatable bonds is 13. The van der Waals surface area contributed by atoms with E-state index in [0.717, 1.165) is 53.5 Å². The number of fused-ring (bicyclic) bond motifs is 1. The molecule has 0 aliphatic carbocycles. The summed E-state index contributed by atoms with van der Waals surface area (Å²) in [5.41, 5.74) is 7.05. The Kier molecular flexibility index (Phi) is 10.1. The second-order valence-electron chi connectivity index (χ2n) is 9.50. The molecule has 0 saturated carbocycles. The molecular formula is C33H37N3O3. The number of ether oxygens (including phenoxy) is 1. The van der Waals surface area contributed by atoms with E-state index in [1.54, 1.807) is 13.1 Å². The molecule has 0 radical (unpaired) electrons. The molecule has 0 saturated heterocycles. The summed E-state index contributed by atoms with van der Waals surface area (Å²) >= 11 is 0. The van der Waals surface area contributed by atoms with Crippen molar-refractivity contribution >= 4 is 28.0 Å². The van der Waals surface area contributed by atoms with Crippen LogP contribution in [-0.2, 0) is 4.79 Å². The number of aromatic amines is 1. The molecule has 0 spiro atoms. The molecule has 2 N–H and O–H groups in total. The zero-order valence-electron chi connectivity index (χ0n) is 22.8. The summed E-state index contributed by atoms with van der Waals surface area (Å²) in [4.78, 5) is 13.4. The van der Waals surface area contributed by atoms with Gasteiger partial charge < -0.3 is 14.7 Å². The van der Waals surface area contributed by atoms with Gasteiger partial charge in [0.1, 0.15) is 5.75 Å². The fourth-order valence-corrected chi connectivity index (χ4v) is 4.62. The highest BCUT2D eigenvalue weighted by Crippen LogP contribution is 2.36. The van der Waals surface area contributed by atoms with Gasteiger partial charge in [-0.15, -0.1) is 0 Å². The van der Waals surface area contributed by atoms with Crippen molar-refractivity contribution in [3.8, 4) is 5.75 Å². The lowest BCUT2D eigenvalue weighted by molar-refractivity contribution is -0.125. The predicted octanol–water partition coefficient (Wildman–Crippen LogP) is 6.49. The average molecular weight is 524 g/mol. The third-order valence-corrected chi connectivity index (χ3v) is 6.76. The molecule has 4 rings (SSSR count). The number of allylic oxidation sites excluding steroid dienone is 2. The highest BCUT2D eigenvalue weighted by Gasteiger charge is 2.14. The van der Waals surface area contributed by atoms with E-state index in [2.05, 4.69) is 71.7 Å². The zero-order valence-corrected chi connectivity index (χ0v) is 22.8. The smallest absolute Gasteiger partial charge is 0.246 e. The summed E-state index contributed by atoms with van der Waals surface area (Å²) < 4.78 is 6.01.